The van der Waals surface area contributed by atoms with E-state index in [-0.39, 0.29) is 5.82 Å². The van der Waals surface area contributed by atoms with E-state index < -0.39 is 0 Å². The monoisotopic (exact) mass is 233 g/mol. The highest BCUT2D eigenvalue weighted by molar-refractivity contribution is 5.43. The highest BCUT2D eigenvalue weighted by Gasteiger charge is 2.12. The lowest BCUT2D eigenvalue weighted by molar-refractivity contribution is 0.612. The molecule has 0 spiro atoms. The molecule has 90 valence electrons. The summed E-state index contributed by atoms with van der Waals surface area (Å²) in [5, 5.41) is 0. The second-order valence-corrected chi connectivity index (χ2v) is 3.85. The molecule has 4 heteroatoms. The minimum Gasteiger partial charge on any atom is -0.330 e. The Bertz CT molecular complexity index is 505. The number of hydrogen-bond acceptors (Lipinski definition) is 2. The SMILES string of the molecule is CCc1nccn1-c1c(F)cccc1CCN. The highest BCUT2D eigenvalue weighted by Crippen LogP contribution is 2.20. The van der Waals surface area contributed by atoms with Gasteiger partial charge in [0.15, 0.2) is 0 Å². The maximum atomic E-state index is 14.0. The van der Waals surface area contributed by atoms with Crippen LogP contribution in [0, 0.1) is 5.82 Å². The van der Waals surface area contributed by atoms with E-state index in [1.54, 1.807) is 23.0 Å². The second kappa shape index (κ2) is 5.10. The van der Waals surface area contributed by atoms with Crippen LogP contribution in [-0.2, 0) is 12.8 Å². The number of rotatable bonds is 4. The maximum Gasteiger partial charge on any atom is 0.147 e. The number of para-hydroxylation sites is 1. The number of benzene rings is 1. The quantitative estimate of drug-likeness (QED) is 0.878. The zero-order valence-corrected chi connectivity index (χ0v) is 9.86. The third-order valence-corrected chi connectivity index (χ3v) is 2.76. The van der Waals surface area contributed by atoms with E-state index in [4.69, 9.17) is 5.73 Å². The lowest BCUT2D eigenvalue weighted by Gasteiger charge is -2.13. The molecule has 1 aromatic carbocycles. The summed E-state index contributed by atoms with van der Waals surface area (Å²) in [5.74, 6) is 0.622. The fraction of sp³-hybridized carbons (Fsp3) is 0.308. The Morgan fingerprint density at radius 2 is 2.24 bits per heavy atom. The van der Waals surface area contributed by atoms with Crippen molar-refractivity contribution in [2.24, 2.45) is 5.73 Å². The van der Waals surface area contributed by atoms with Crippen LogP contribution in [0.15, 0.2) is 30.6 Å². The molecule has 0 saturated carbocycles. The third kappa shape index (κ3) is 2.22. The van der Waals surface area contributed by atoms with Crippen LogP contribution in [0.3, 0.4) is 0 Å². The van der Waals surface area contributed by atoms with Crippen LogP contribution in [-0.4, -0.2) is 16.1 Å². The molecule has 0 aliphatic heterocycles. The number of halogens is 1. The molecular weight excluding hydrogens is 217 g/mol. The van der Waals surface area contributed by atoms with Gasteiger partial charge in [0, 0.05) is 18.8 Å². The smallest absolute Gasteiger partial charge is 0.147 e. The Morgan fingerprint density at radius 1 is 1.41 bits per heavy atom. The minimum atomic E-state index is -0.233. The Morgan fingerprint density at radius 3 is 2.94 bits per heavy atom. The van der Waals surface area contributed by atoms with E-state index in [1.807, 2.05) is 13.0 Å². The van der Waals surface area contributed by atoms with Crippen molar-refractivity contribution < 1.29 is 4.39 Å². The lowest BCUT2D eigenvalue weighted by atomic mass is 10.1. The Labute approximate surface area is 100 Å². The first-order valence-corrected chi connectivity index (χ1v) is 5.78. The van der Waals surface area contributed by atoms with Crippen molar-refractivity contribution in [1.29, 1.82) is 0 Å². The molecular formula is C13H16FN3. The molecule has 0 saturated heterocycles. The number of nitrogens with zero attached hydrogens (tertiary/aromatic N) is 2. The summed E-state index contributed by atoms with van der Waals surface area (Å²) < 4.78 is 15.8. The van der Waals surface area contributed by atoms with Crippen molar-refractivity contribution in [1.82, 2.24) is 9.55 Å². The molecule has 17 heavy (non-hydrogen) atoms. The van der Waals surface area contributed by atoms with Gasteiger partial charge in [0.2, 0.25) is 0 Å². The summed E-state index contributed by atoms with van der Waals surface area (Å²) in [6, 6.07) is 5.09. The van der Waals surface area contributed by atoms with Gasteiger partial charge in [-0.05, 0) is 24.6 Å². The normalized spacial score (nSPS) is 10.8. The molecule has 0 amide bonds. The van der Waals surface area contributed by atoms with Gasteiger partial charge in [0.25, 0.3) is 0 Å². The standard InChI is InChI=1S/C13H16FN3/c1-2-12-16-8-9-17(12)13-10(6-7-15)4-3-5-11(13)14/h3-5,8-9H,2,6-7,15H2,1H3. The molecule has 0 atom stereocenters. The van der Waals surface area contributed by atoms with Crippen LogP contribution in [0.5, 0.6) is 0 Å². The molecule has 3 nitrogen and oxygen atoms in total. The van der Waals surface area contributed by atoms with Crippen molar-refractivity contribution in [3.05, 3.63) is 47.8 Å². The van der Waals surface area contributed by atoms with Crippen LogP contribution in [0.25, 0.3) is 5.69 Å². The molecule has 0 aliphatic rings. The summed E-state index contributed by atoms with van der Waals surface area (Å²) >= 11 is 0. The van der Waals surface area contributed by atoms with Gasteiger partial charge in [-0.3, -0.25) is 0 Å². The largest absolute Gasteiger partial charge is 0.330 e. The Hall–Kier alpha value is -1.68. The zero-order chi connectivity index (χ0) is 12.3. The number of aryl methyl sites for hydroxylation is 1. The summed E-state index contributed by atoms with van der Waals surface area (Å²) in [6.45, 7) is 2.51. The fourth-order valence-electron chi connectivity index (χ4n) is 1.99. The molecule has 0 fully saturated rings. The van der Waals surface area contributed by atoms with E-state index in [1.165, 1.54) is 6.07 Å². The van der Waals surface area contributed by atoms with Gasteiger partial charge in [-0.1, -0.05) is 19.1 Å². The van der Waals surface area contributed by atoms with Gasteiger partial charge >= 0.3 is 0 Å². The summed E-state index contributed by atoms with van der Waals surface area (Å²) in [6.07, 6.45) is 4.91. The molecule has 2 N–H and O–H groups in total. The van der Waals surface area contributed by atoms with Crippen LogP contribution < -0.4 is 5.73 Å². The third-order valence-electron chi connectivity index (χ3n) is 2.76. The van der Waals surface area contributed by atoms with Gasteiger partial charge < -0.3 is 10.3 Å². The molecule has 0 aliphatic carbocycles. The Kier molecular flexibility index (Phi) is 3.54. The first-order valence-electron chi connectivity index (χ1n) is 5.78. The summed E-state index contributed by atoms with van der Waals surface area (Å²) in [7, 11) is 0. The maximum absolute atomic E-state index is 14.0. The first-order chi connectivity index (χ1) is 8.27. The van der Waals surface area contributed by atoms with Gasteiger partial charge in [0.05, 0.1) is 5.69 Å². The van der Waals surface area contributed by atoms with Gasteiger partial charge in [-0.2, -0.15) is 0 Å². The van der Waals surface area contributed by atoms with Crippen molar-refractivity contribution in [2.75, 3.05) is 6.54 Å². The second-order valence-electron chi connectivity index (χ2n) is 3.85. The van der Waals surface area contributed by atoms with Crippen LogP contribution in [0.4, 0.5) is 4.39 Å². The van der Waals surface area contributed by atoms with Crippen LogP contribution >= 0.6 is 0 Å². The van der Waals surface area contributed by atoms with Crippen LogP contribution in [0.2, 0.25) is 0 Å². The first kappa shape index (κ1) is 11.8. The van der Waals surface area contributed by atoms with Gasteiger partial charge in [0.1, 0.15) is 11.6 Å². The van der Waals surface area contributed by atoms with E-state index >= 15 is 0 Å². The van der Waals surface area contributed by atoms with Crippen molar-refractivity contribution >= 4 is 0 Å². The van der Waals surface area contributed by atoms with E-state index in [9.17, 15) is 4.39 Å². The lowest BCUT2D eigenvalue weighted by Crippen LogP contribution is -2.10. The molecule has 2 aromatic rings. The predicted octanol–water partition coefficient (Wildman–Crippen LogP) is 2.08. The average molecular weight is 233 g/mol. The van der Waals surface area contributed by atoms with Crippen molar-refractivity contribution in [2.45, 2.75) is 19.8 Å². The predicted molar refractivity (Wildman–Crippen MR) is 65.7 cm³/mol. The summed E-state index contributed by atoms with van der Waals surface area (Å²) in [5.41, 5.74) is 7.05. The zero-order valence-electron chi connectivity index (χ0n) is 9.86. The topological polar surface area (TPSA) is 43.8 Å². The number of imidazole rings is 1. The van der Waals surface area contributed by atoms with E-state index in [2.05, 4.69) is 4.98 Å². The van der Waals surface area contributed by atoms with Crippen molar-refractivity contribution in [3.63, 3.8) is 0 Å². The Balaban J connectivity index is 2.57. The van der Waals surface area contributed by atoms with Crippen LogP contribution in [0.1, 0.15) is 18.3 Å². The van der Waals surface area contributed by atoms with Gasteiger partial charge in [-0.15, -0.1) is 0 Å². The van der Waals surface area contributed by atoms with E-state index in [0.29, 0.717) is 18.7 Å². The number of nitrogens with two attached hydrogens (primary N) is 1. The van der Waals surface area contributed by atoms with Crippen molar-refractivity contribution in [3.8, 4) is 5.69 Å². The summed E-state index contributed by atoms with van der Waals surface area (Å²) in [4.78, 5) is 4.22. The molecule has 1 heterocycles. The average Bonchev–Trinajstić information content (AvgIpc) is 2.77. The molecule has 0 bridgehead atoms. The molecule has 0 unspecified atom stereocenters. The molecule has 2 rings (SSSR count). The fourth-order valence-corrected chi connectivity index (χ4v) is 1.99. The minimum absolute atomic E-state index is 0.233. The highest BCUT2D eigenvalue weighted by atomic mass is 19.1. The number of aromatic nitrogens is 2. The molecule has 0 radical (unpaired) electrons. The van der Waals surface area contributed by atoms with Gasteiger partial charge in [-0.25, -0.2) is 9.37 Å². The number of hydrogen-bond donors (Lipinski definition) is 1. The van der Waals surface area contributed by atoms with E-state index in [0.717, 1.165) is 17.8 Å². The molecule has 1 aromatic heterocycles.